The fourth-order valence-corrected chi connectivity index (χ4v) is 1.17. The van der Waals surface area contributed by atoms with E-state index in [0.29, 0.717) is 13.0 Å². The molecule has 1 aromatic heterocycles. The number of hydrogen-bond donors (Lipinski definition) is 1. The molecular formula is C13H19N3O2. The van der Waals surface area contributed by atoms with E-state index < -0.39 is 11.7 Å². The maximum atomic E-state index is 11.3. The lowest BCUT2D eigenvalue weighted by Gasteiger charge is -2.19. The first-order chi connectivity index (χ1) is 8.37. The van der Waals surface area contributed by atoms with E-state index in [4.69, 9.17) is 4.74 Å². The molecule has 1 heterocycles. The summed E-state index contributed by atoms with van der Waals surface area (Å²) in [4.78, 5) is 15.4. The van der Waals surface area contributed by atoms with Gasteiger partial charge in [-0.3, -0.25) is 0 Å². The second kappa shape index (κ2) is 6.10. The second-order valence-electron chi connectivity index (χ2n) is 4.90. The molecule has 0 atom stereocenters. The quantitative estimate of drug-likeness (QED) is 0.641. The van der Waals surface area contributed by atoms with E-state index in [9.17, 15) is 4.79 Å². The Bertz CT molecular complexity index is 461. The van der Waals surface area contributed by atoms with Crippen molar-refractivity contribution in [3.63, 3.8) is 0 Å². The number of alkyl carbamates (subject to hydrolysis) is 1. The number of ether oxygens (including phenoxy) is 1. The largest absolute Gasteiger partial charge is 0.444 e. The topological polar surface area (TPSA) is 56.2 Å². The van der Waals surface area contributed by atoms with Crippen molar-refractivity contribution in [1.82, 2.24) is 14.9 Å². The van der Waals surface area contributed by atoms with E-state index in [1.807, 2.05) is 38.6 Å². The van der Waals surface area contributed by atoms with Crippen LogP contribution in [0, 0.1) is 11.8 Å². The predicted octanol–water partition coefficient (Wildman–Crippen LogP) is 1.69. The number of carbonyl (C=O) groups is 1. The van der Waals surface area contributed by atoms with E-state index >= 15 is 0 Å². The Morgan fingerprint density at radius 2 is 2.28 bits per heavy atom. The van der Waals surface area contributed by atoms with Gasteiger partial charge in [-0.05, 0) is 26.7 Å². The molecule has 1 rings (SSSR count). The van der Waals surface area contributed by atoms with Gasteiger partial charge in [0, 0.05) is 26.2 Å². The van der Waals surface area contributed by atoms with Gasteiger partial charge in [-0.15, -0.1) is 0 Å². The van der Waals surface area contributed by atoms with Gasteiger partial charge in [0.25, 0.3) is 0 Å². The molecule has 0 aliphatic rings. The van der Waals surface area contributed by atoms with Gasteiger partial charge in [0.15, 0.2) is 0 Å². The molecule has 0 saturated heterocycles. The van der Waals surface area contributed by atoms with Crippen molar-refractivity contribution >= 4 is 6.09 Å². The van der Waals surface area contributed by atoms with Crippen molar-refractivity contribution in [1.29, 1.82) is 0 Å². The van der Waals surface area contributed by atoms with Gasteiger partial charge in [0.05, 0.1) is 6.33 Å². The maximum absolute atomic E-state index is 11.3. The SMILES string of the molecule is Cn1cnc(C#CCCNC(=O)OC(C)(C)C)c1. The molecule has 0 fully saturated rings. The number of aromatic nitrogens is 2. The molecule has 98 valence electrons. The highest BCUT2D eigenvalue weighted by Crippen LogP contribution is 2.06. The van der Waals surface area contributed by atoms with Crippen LogP contribution in [0.15, 0.2) is 12.5 Å². The molecule has 0 saturated carbocycles. The van der Waals surface area contributed by atoms with Crippen LogP contribution in [-0.4, -0.2) is 27.8 Å². The lowest BCUT2D eigenvalue weighted by atomic mass is 10.2. The van der Waals surface area contributed by atoms with Crippen molar-refractivity contribution in [2.45, 2.75) is 32.8 Å². The number of aryl methyl sites for hydroxylation is 1. The van der Waals surface area contributed by atoms with Gasteiger partial charge in [0.1, 0.15) is 11.3 Å². The molecule has 1 N–H and O–H groups in total. The first-order valence-electron chi connectivity index (χ1n) is 5.80. The van der Waals surface area contributed by atoms with Gasteiger partial charge in [-0.25, -0.2) is 9.78 Å². The lowest BCUT2D eigenvalue weighted by molar-refractivity contribution is 0.0529. The molecule has 5 heteroatoms. The Balaban J connectivity index is 2.23. The summed E-state index contributed by atoms with van der Waals surface area (Å²) in [6, 6.07) is 0. The molecule has 18 heavy (non-hydrogen) atoms. The van der Waals surface area contributed by atoms with Gasteiger partial charge >= 0.3 is 6.09 Å². The van der Waals surface area contributed by atoms with E-state index in [0.717, 1.165) is 5.69 Å². The highest BCUT2D eigenvalue weighted by molar-refractivity contribution is 5.67. The molecule has 0 radical (unpaired) electrons. The average Bonchev–Trinajstić information content (AvgIpc) is 2.61. The first-order valence-corrected chi connectivity index (χ1v) is 5.80. The van der Waals surface area contributed by atoms with Crippen LogP contribution in [0.25, 0.3) is 0 Å². The molecular weight excluding hydrogens is 230 g/mol. The zero-order valence-corrected chi connectivity index (χ0v) is 11.3. The molecule has 0 bridgehead atoms. The van der Waals surface area contributed by atoms with Crippen LogP contribution in [0.3, 0.4) is 0 Å². The predicted molar refractivity (Wildman–Crippen MR) is 68.9 cm³/mol. The van der Waals surface area contributed by atoms with Crippen LogP contribution in [0.4, 0.5) is 4.79 Å². The highest BCUT2D eigenvalue weighted by Gasteiger charge is 2.15. The molecule has 0 aliphatic heterocycles. The summed E-state index contributed by atoms with van der Waals surface area (Å²) in [6.07, 6.45) is 3.69. The number of rotatable bonds is 2. The summed E-state index contributed by atoms with van der Waals surface area (Å²) < 4.78 is 6.93. The molecule has 1 amide bonds. The van der Waals surface area contributed by atoms with Crippen LogP contribution in [-0.2, 0) is 11.8 Å². The van der Waals surface area contributed by atoms with E-state index in [2.05, 4.69) is 22.1 Å². The third-order valence-electron chi connectivity index (χ3n) is 1.84. The summed E-state index contributed by atoms with van der Waals surface area (Å²) in [5.41, 5.74) is 0.263. The van der Waals surface area contributed by atoms with E-state index in [-0.39, 0.29) is 0 Å². The van der Waals surface area contributed by atoms with Crippen LogP contribution in [0.5, 0.6) is 0 Å². The highest BCUT2D eigenvalue weighted by atomic mass is 16.6. The summed E-state index contributed by atoms with van der Waals surface area (Å²) in [7, 11) is 1.89. The third kappa shape index (κ3) is 5.94. The van der Waals surface area contributed by atoms with E-state index in [1.165, 1.54) is 0 Å². The maximum Gasteiger partial charge on any atom is 0.407 e. The Morgan fingerprint density at radius 1 is 1.56 bits per heavy atom. The van der Waals surface area contributed by atoms with Crippen LogP contribution in [0.2, 0.25) is 0 Å². The van der Waals surface area contributed by atoms with Gasteiger partial charge in [-0.1, -0.05) is 5.92 Å². The normalized spacial score (nSPS) is 10.4. The van der Waals surface area contributed by atoms with Crippen LogP contribution in [0.1, 0.15) is 32.9 Å². The van der Waals surface area contributed by atoms with Gasteiger partial charge in [-0.2, -0.15) is 0 Å². The van der Waals surface area contributed by atoms with E-state index in [1.54, 1.807) is 6.33 Å². The van der Waals surface area contributed by atoms with Crippen molar-refractivity contribution in [3.8, 4) is 11.8 Å². The zero-order valence-electron chi connectivity index (χ0n) is 11.3. The summed E-state index contributed by atoms with van der Waals surface area (Å²) in [5.74, 6) is 5.85. The number of nitrogens with zero attached hydrogens (tertiary/aromatic N) is 2. The smallest absolute Gasteiger partial charge is 0.407 e. The monoisotopic (exact) mass is 249 g/mol. The standard InChI is InChI=1S/C13H19N3O2/c1-13(2,3)18-12(17)14-8-6-5-7-11-9-16(4)10-15-11/h9-10H,6,8H2,1-4H3,(H,14,17). The average molecular weight is 249 g/mol. The first kappa shape index (κ1) is 14.1. The number of hydrogen-bond acceptors (Lipinski definition) is 3. The van der Waals surface area contributed by atoms with Crippen molar-refractivity contribution in [2.24, 2.45) is 7.05 Å². The Kier molecular flexibility index (Phi) is 4.78. The molecule has 0 unspecified atom stereocenters. The van der Waals surface area contributed by atoms with Crippen molar-refractivity contribution < 1.29 is 9.53 Å². The van der Waals surface area contributed by atoms with Crippen LogP contribution >= 0.6 is 0 Å². The summed E-state index contributed by atoms with van der Waals surface area (Å²) in [5, 5.41) is 2.64. The zero-order chi connectivity index (χ0) is 13.6. The second-order valence-corrected chi connectivity index (χ2v) is 4.90. The van der Waals surface area contributed by atoms with Crippen LogP contribution < -0.4 is 5.32 Å². The molecule has 0 aromatic carbocycles. The molecule has 0 aliphatic carbocycles. The molecule has 0 spiro atoms. The Morgan fingerprint density at radius 3 is 2.83 bits per heavy atom. The lowest BCUT2D eigenvalue weighted by Crippen LogP contribution is -2.32. The molecule has 1 aromatic rings. The minimum atomic E-state index is -0.469. The number of amides is 1. The Labute approximate surface area is 108 Å². The number of imidazole rings is 1. The Hall–Kier alpha value is -1.96. The van der Waals surface area contributed by atoms with Gasteiger partial charge in [0.2, 0.25) is 0 Å². The fourth-order valence-electron chi connectivity index (χ4n) is 1.17. The van der Waals surface area contributed by atoms with Gasteiger partial charge < -0.3 is 14.6 Å². The third-order valence-corrected chi connectivity index (χ3v) is 1.84. The minimum absolute atomic E-state index is 0.415. The molecule has 5 nitrogen and oxygen atoms in total. The summed E-state index contributed by atoms with van der Waals surface area (Å²) in [6.45, 7) is 5.95. The number of nitrogens with one attached hydrogen (secondary N) is 1. The number of carbonyl (C=O) groups excluding carboxylic acids is 1. The van der Waals surface area contributed by atoms with Crippen molar-refractivity contribution in [3.05, 3.63) is 18.2 Å². The summed E-state index contributed by atoms with van der Waals surface area (Å²) >= 11 is 0. The fraction of sp³-hybridized carbons (Fsp3) is 0.538. The van der Waals surface area contributed by atoms with Crippen molar-refractivity contribution in [2.75, 3.05) is 6.54 Å². The minimum Gasteiger partial charge on any atom is -0.444 e.